The van der Waals surface area contributed by atoms with E-state index in [2.05, 4.69) is 28.9 Å². The third-order valence-corrected chi connectivity index (χ3v) is 5.20. The minimum absolute atomic E-state index is 0.287. The summed E-state index contributed by atoms with van der Waals surface area (Å²) in [6, 6.07) is 3.81. The van der Waals surface area contributed by atoms with Crippen LogP contribution in [0.4, 0.5) is 5.69 Å². The third kappa shape index (κ3) is 4.52. The second kappa shape index (κ2) is 6.55. The summed E-state index contributed by atoms with van der Waals surface area (Å²) in [6.07, 6.45) is 3.18. The molecule has 2 aromatic rings. The van der Waals surface area contributed by atoms with Crippen molar-refractivity contribution in [3.05, 3.63) is 40.3 Å². The summed E-state index contributed by atoms with van der Waals surface area (Å²) >= 11 is 1.43. The average molecular weight is 325 g/mol. The fourth-order valence-corrected chi connectivity index (χ4v) is 3.98. The highest BCUT2D eigenvalue weighted by Crippen LogP contribution is 2.22. The van der Waals surface area contributed by atoms with Gasteiger partial charge in [0.2, 0.25) is 0 Å². The van der Waals surface area contributed by atoms with Crippen molar-refractivity contribution in [2.75, 3.05) is 4.72 Å². The number of nitrogens with zero attached hydrogens (tertiary/aromatic N) is 1. The highest BCUT2D eigenvalue weighted by Gasteiger charge is 2.16. The van der Waals surface area contributed by atoms with Crippen LogP contribution in [0, 0.1) is 6.92 Å². The van der Waals surface area contributed by atoms with E-state index in [1.165, 1.54) is 17.5 Å². The van der Waals surface area contributed by atoms with Crippen LogP contribution in [0.1, 0.15) is 24.3 Å². The van der Waals surface area contributed by atoms with Gasteiger partial charge in [-0.3, -0.25) is 9.71 Å². The van der Waals surface area contributed by atoms with E-state index in [-0.39, 0.29) is 4.90 Å². The van der Waals surface area contributed by atoms with Crippen LogP contribution in [-0.2, 0) is 16.6 Å². The molecule has 0 radical (unpaired) electrons. The normalized spacial score (nSPS) is 11.8. The number of anilines is 1. The van der Waals surface area contributed by atoms with Gasteiger partial charge in [-0.2, -0.15) is 0 Å². The Morgan fingerprint density at radius 1 is 1.29 bits per heavy atom. The van der Waals surface area contributed by atoms with E-state index in [1.807, 2.05) is 6.92 Å². The Balaban J connectivity index is 2.12. The predicted molar refractivity (Wildman–Crippen MR) is 86.1 cm³/mol. The number of hydrogen-bond acceptors (Lipinski definition) is 5. The summed E-state index contributed by atoms with van der Waals surface area (Å²) in [5, 5.41) is 4.92. The summed E-state index contributed by atoms with van der Waals surface area (Å²) in [4.78, 5) is 5.26. The summed E-state index contributed by atoms with van der Waals surface area (Å²) < 4.78 is 27.2. The highest BCUT2D eigenvalue weighted by atomic mass is 32.2. The van der Waals surface area contributed by atoms with E-state index in [9.17, 15) is 8.42 Å². The minimum Gasteiger partial charge on any atom is -0.310 e. The number of aryl methyl sites for hydroxylation is 1. The molecule has 0 atom stereocenters. The van der Waals surface area contributed by atoms with Crippen LogP contribution in [-0.4, -0.2) is 19.4 Å². The molecule has 0 unspecified atom stereocenters. The molecule has 0 aliphatic heterocycles. The van der Waals surface area contributed by atoms with Crippen LogP contribution in [0.15, 0.2) is 34.8 Å². The Kier molecular flexibility index (Phi) is 4.97. The molecule has 2 aromatic heterocycles. The molecule has 0 saturated carbocycles. The van der Waals surface area contributed by atoms with Gasteiger partial charge >= 0.3 is 0 Å². The van der Waals surface area contributed by atoms with E-state index in [1.54, 1.807) is 23.7 Å². The topological polar surface area (TPSA) is 71.1 Å². The maximum Gasteiger partial charge on any atom is 0.262 e. The second-order valence-electron chi connectivity index (χ2n) is 5.14. The molecule has 0 aliphatic rings. The molecular formula is C14H19N3O2S2. The molecule has 0 fully saturated rings. The third-order valence-electron chi connectivity index (χ3n) is 2.75. The van der Waals surface area contributed by atoms with Gasteiger partial charge in [-0.25, -0.2) is 8.42 Å². The molecule has 2 N–H and O–H groups in total. The molecule has 0 bridgehead atoms. The summed E-state index contributed by atoms with van der Waals surface area (Å²) in [5.74, 6) is 0. The Morgan fingerprint density at radius 2 is 2.05 bits per heavy atom. The van der Waals surface area contributed by atoms with Crippen molar-refractivity contribution in [2.45, 2.75) is 38.3 Å². The molecule has 7 heteroatoms. The molecular weight excluding hydrogens is 306 g/mol. The average Bonchev–Trinajstić information content (AvgIpc) is 2.85. The first-order valence-electron chi connectivity index (χ1n) is 6.62. The fourth-order valence-electron chi connectivity index (χ4n) is 1.72. The van der Waals surface area contributed by atoms with Crippen LogP contribution in [0.3, 0.4) is 0 Å². The lowest BCUT2D eigenvalue weighted by Gasteiger charge is -2.07. The van der Waals surface area contributed by atoms with Crippen molar-refractivity contribution >= 4 is 27.0 Å². The van der Waals surface area contributed by atoms with E-state index in [0.29, 0.717) is 18.3 Å². The lowest BCUT2D eigenvalue weighted by Crippen LogP contribution is -2.21. The Labute approximate surface area is 129 Å². The van der Waals surface area contributed by atoms with E-state index in [0.717, 1.165) is 10.4 Å². The van der Waals surface area contributed by atoms with Crippen molar-refractivity contribution in [3.63, 3.8) is 0 Å². The molecule has 0 aliphatic carbocycles. The van der Waals surface area contributed by atoms with Crippen LogP contribution >= 0.6 is 11.3 Å². The maximum atomic E-state index is 12.3. The number of nitrogens with one attached hydrogen (secondary N) is 2. The minimum atomic E-state index is -3.56. The van der Waals surface area contributed by atoms with Crippen LogP contribution in [0.2, 0.25) is 0 Å². The molecule has 0 aromatic carbocycles. The molecule has 114 valence electrons. The van der Waals surface area contributed by atoms with Crippen LogP contribution in [0.25, 0.3) is 0 Å². The van der Waals surface area contributed by atoms with Crippen LogP contribution in [0.5, 0.6) is 0 Å². The van der Waals surface area contributed by atoms with Crippen molar-refractivity contribution < 1.29 is 8.42 Å². The molecule has 0 amide bonds. The van der Waals surface area contributed by atoms with E-state index < -0.39 is 10.0 Å². The van der Waals surface area contributed by atoms with Gasteiger partial charge in [-0.15, -0.1) is 11.3 Å². The first-order chi connectivity index (χ1) is 9.87. The molecule has 2 heterocycles. The van der Waals surface area contributed by atoms with Crippen molar-refractivity contribution in [1.29, 1.82) is 0 Å². The molecule has 0 saturated heterocycles. The Bertz CT molecular complexity index is 709. The quantitative estimate of drug-likeness (QED) is 0.857. The van der Waals surface area contributed by atoms with Crippen LogP contribution < -0.4 is 10.0 Å². The van der Waals surface area contributed by atoms with Crippen molar-refractivity contribution in [2.24, 2.45) is 0 Å². The van der Waals surface area contributed by atoms with Gasteiger partial charge in [-0.1, -0.05) is 13.8 Å². The predicted octanol–water partition coefficient (Wildman–Crippen LogP) is 2.75. The lowest BCUT2D eigenvalue weighted by atomic mass is 10.3. The van der Waals surface area contributed by atoms with Crippen molar-refractivity contribution in [1.82, 2.24) is 10.3 Å². The number of pyridine rings is 1. The van der Waals surface area contributed by atoms with Gasteiger partial charge in [0.25, 0.3) is 10.0 Å². The molecule has 5 nitrogen and oxygen atoms in total. The lowest BCUT2D eigenvalue weighted by molar-refractivity contribution is 0.592. The van der Waals surface area contributed by atoms with Gasteiger partial charge in [0, 0.05) is 29.0 Å². The van der Waals surface area contributed by atoms with Gasteiger partial charge in [-0.05, 0) is 24.6 Å². The molecule has 2 rings (SSSR count). The van der Waals surface area contributed by atoms with Gasteiger partial charge in [0.1, 0.15) is 0 Å². The standard InChI is InChI=1S/C14H19N3O2S2/c1-10(2)16-8-13-5-14(9-20-13)21(18,19)17-12-4-11(3)6-15-7-12/h4-7,9-10,16-17H,8H2,1-3H3. The summed E-state index contributed by atoms with van der Waals surface area (Å²) in [6.45, 7) is 6.64. The van der Waals surface area contributed by atoms with E-state index >= 15 is 0 Å². The zero-order valence-corrected chi connectivity index (χ0v) is 13.9. The number of rotatable bonds is 6. The summed E-state index contributed by atoms with van der Waals surface area (Å²) in [5.41, 5.74) is 1.38. The first kappa shape index (κ1) is 15.9. The molecule has 0 spiro atoms. The highest BCUT2D eigenvalue weighted by molar-refractivity contribution is 7.92. The second-order valence-corrected chi connectivity index (χ2v) is 7.82. The largest absolute Gasteiger partial charge is 0.310 e. The number of thiophene rings is 1. The number of sulfonamides is 1. The zero-order valence-electron chi connectivity index (χ0n) is 12.3. The number of aromatic nitrogens is 1. The van der Waals surface area contributed by atoms with E-state index in [4.69, 9.17) is 0 Å². The van der Waals surface area contributed by atoms with Gasteiger partial charge < -0.3 is 5.32 Å². The Hall–Kier alpha value is -1.44. The zero-order chi connectivity index (χ0) is 15.5. The van der Waals surface area contributed by atoms with Crippen molar-refractivity contribution in [3.8, 4) is 0 Å². The Morgan fingerprint density at radius 3 is 2.71 bits per heavy atom. The number of hydrogen-bond donors (Lipinski definition) is 2. The first-order valence-corrected chi connectivity index (χ1v) is 8.98. The van der Waals surface area contributed by atoms with Gasteiger partial charge in [0.05, 0.1) is 16.8 Å². The smallest absolute Gasteiger partial charge is 0.262 e. The monoisotopic (exact) mass is 325 g/mol. The van der Waals surface area contributed by atoms with Gasteiger partial charge in [0.15, 0.2) is 0 Å². The summed E-state index contributed by atoms with van der Waals surface area (Å²) in [7, 11) is -3.56. The SMILES string of the molecule is Cc1cncc(NS(=O)(=O)c2csc(CNC(C)C)c2)c1. The fraction of sp³-hybridized carbons (Fsp3) is 0.357. The maximum absolute atomic E-state index is 12.3. The molecule has 21 heavy (non-hydrogen) atoms.